The Morgan fingerprint density at radius 1 is 1.11 bits per heavy atom. The van der Waals surface area contributed by atoms with E-state index < -0.39 is 26.7 Å². The first-order valence-corrected chi connectivity index (χ1v) is 10.8. The van der Waals surface area contributed by atoms with E-state index in [9.17, 15) is 28.8 Å². The van der Waals surface area contributed by atoms with E-state index in [1.807, 2.05) is 0 Å². The smallest absolute Gasteiger partial charge is 0.776 e. The molecule has 2 unspecified atom stereocenters. The summed E-state index contributed by atoms with van der Waals surface area (Å²) in [6.45, 7) is 0.214. The molecule has 0 radical (unpaired) electrons. The van der Waals surface area contributed by atoms with Crippen molar-refractivity contribution in [2.45, 2.75) is 30.8 Å². The molecule has 0 saturated carbocycles. The minimum absolute atomic E-state index is 0. The van der Waals surface area contributed by atoms with E-state index in [0.29, 0.717) is 17.0 Å². The molecular weight excluding hydrogens is 442 g/mol. The van der Waals surface area contributed by atoms with E-state index in [1.165, 1.54) is 6.07 Å². The molecule has 0 aliphatic rings. The zero-order valence-corrected chi connectivity index (χ0v) is 21.5. The van der Waals surface area contributed by atoms with Gasteiger partial charge in [0, 0.05) is 17.1 Å². The Morgan fingerprint density at radius 3 is 2.15 bits per heavy atom. The van der Waals surface area contributed by atoms with Crippen LogP contribution in [0.15, 0.2) is 24.3 Å². The van der Waals surface area contributed by atoms with Crippen molar-refractivity contribution in [3.8, 4) is 0 Å². The van der Waals surface area contributed by atoms with Gasteiger partial charge in [0.15, 0.2) is 20.3 Å². The summed E-state index contributed by atoms with van der Waals surface area (Å²) in [5.41, 5.74) is 0.363. The fraction of sp³-hybridized carbons (Fsp3) is 0.462. The molecule has 0 saturated heterocycles. The summed E-state index contributed by atoms with van der Waals surface area (Å²) in [7, 11) is -11.5. The van der Waals surface area contributed by atoms with Crippen LogP contribution in [-0.4, -0.2) is 32.4 Å². The summed E-state index contributed by atoms with van der Waals surface area (Å²) < 4.78 is 22.1. The number of benzene rings is 1. The topological polar surface area (TPSA) is 170 Å². The van der Waals surface area contributed by atoms with Crippen molar-refractivity contribution >= 4 is 32.7 Å². The normalized spacial score (nSPS) is 17.3. The van der Waals surface area contributed by atoms with E-state index in [-0.39, 0.29) is 84.4 Å². The van der Waals surface area contributed by atoms with Crippen LogP contribution in [0.2, 0.25) is 5.02 Å². The van der Waals surface area contributed by atoms with Crippen molar-refractivity contribution in [1.29, 1.82) is 0 Å². The minimum atomic E-state index is -5.73. The molecule has 1 aromatic rings. The largest absolute Gasteiger partial charge is 1.00 e. The standard InChI is InChI=1S/C13H20ClNO8P2.2Na/c14-11-6-4-5-10(9-11)12(16)15-8-3-1-2-7-13(17,24(18,19)20)25(21,22)23;;/h4-6,9,17H,1-3,7-8H2,(H,15,16)(H2,18,19,20)(H2,21,22,23);;/q;2*+1/p-2. The Kier molecular flexibility index (Phi) is 14.5. The fourth-order valence-corrected chi connectivity index (χ4v) is 4.39. The van der Waals surface area contributed by atoms with Crippen molar-refractivity contribution in [2.24, 2.45) is 0 Å². The molecule has 9 nitrogen and oxygen atoms in total. The number of aliphatic hydroxyl groups is 1. The molecule has 0 heterocycles. The number of hydrogen-bond donors (Lipinski definition) is 4. The van der Waals surface area contributed by atoms with Gasteiger partial charge >= 0.3 is 59.1 Å². The fourth-order valence-electron chi connectivity index (χ4n) is 2.04. The number of halogens is 1. The maximum absolute atomic E-state index is 11.8. The first-order chi connectivity index (χ1) is 11.4. The van der Waals surface area contributed by atoms with Crippen molar-refractivity contribution in [3.63, 3.8) is 0 Å². The molecule has 14 heteroatoms. The van der Waals surface area contributed by atoms with E-state index >= 15 is 0 Å². The van der Waals surface area contributed by atoms with Crippen LogP contribution in [0.25, 0.3) is 0 Å². The van der Waals surface area contributed by atoms with Crippen LogP contribution >= 0.6 is 26.8 Å². The molecule has 4 N–H and O–H groups in total. The van der Waals surface area contributed by atoms with Gasteiger partial charge in [-0.15, -0.1) is 0 Å². The Hall–Kier alpha value is 1.24. The van der Waals surface area contributed by atoms with Gasteiger partial charge in [-0.25, -0.2) is 0 Å². The molecule has 142 valence electrons. The average Bonchev–Trinajstić information content (AvgIpc) is 2.47. The van der Waals surface area contributed by atoms with Gasteiger partial charge in [0.1, 0.15) is 0 Å². The maximum Gasteiger partial charge on any atom is 1.00 e. The molecule has 0 aliphatic carbocycles. The number of unbranched alkanes of at least 4 members (excludes halogenated alkanes) is 2. The zero-order chi connectivity index (χ0) is 19.3. The van der Waals surface area contributed by atoms with Crippen LogP contribution in [0.3, 0.4) is 0 Å². The molecule has 0 spiro atoms. The van der Waals surface area contributed by atoms with Crippen molar-refractivity contribution in [3.05, 3.63) is 34.9 Å². The summed E-state index contributed by atoms with van der Waals surface area (Å²) in [5.74, 6) is -0.363. The third-order valence-electron chi connectivity index (χ3n) is 3.47. The first kappa shape index (κ1) is 30.4. The second-order valence-electron chi connectivity index (χ2n) is 5.39. The predicted octanol–water partition coefficient (Wildman–Crippen LogP) is -5.62. The summed E-state index contributed by atoms with van der Waals surface area (Å²) in [6.07, 6.45) is -0.420. The number of nitrogens with one attached hydrogen (secondary N) is 1. The Bertz CT molecular complexity index is 689. The first-order valence-electron chi connectivity index (χ1n) is 7.22. The molecule has 0 fully saturated rings. The van der Waals surface area contributed by atoms with Gasteiger partial charge in [-0.05, 0) is 37.5 Å². The third kappa shape index (κ3) is 9.28. The number of carbonyl (C=O) groups is 1. The van der Waals surface area contributed by atoms with Crippen molar-refractivity contribution in [1.82, 2.24) is 5.32 Å². The molecule has 1 amide bonds. The average molecular weight is 460 g/mol. The number of rotatable bonds is 9. The third-order valence-corrected chi connectivity index (χ3v) is 7.48. The molecule has 0 aromatic heterocycles. The van der Waals surface area contributed by atoms with Gasteiger partial charge < -0.3 is 39.1 Å². The SMILES string of the molecule is O=C(NCCCCCC(O)(P(=O)([O-])O)P(=O)([O-])O)c1cccc(Cl)c1.[Na+].[Na+]. The second kappa shape index (κ2) is 12.8. The van der Waals surface area contributed by atoms with Crippen LogP contribution in [0.5, 0.6) is 0 Å². The van der Waals surface area contributed by atoms with Gasteiger partial charge in [0.2, 0.25) is 0 Å². The van der Waals surface area contributed by atoms with Gasteiger partial charge in [-0.1, -0.05) is 24.1 Å². The summed E-state index contributed by atoms with van der Waals surface area (Å²) >= 11 is 5.77. The Morgan fingerprint density at radius 2 is 1.67 bits per heavy atom. The monoisotopic (exact) mass is 459 g/mol. The Labute approximate surface area is 206 Å². The van der Waals surface area contributed by atoms with Gasteiger partial charge in [-0.3, -0.25) is 4.79 Å². The summed E-state index contributed by atoms with van der Waals surface area (Å²) in [4.78, 5) is 51.6. The van der Waals surface area contributed by atoms with Crippen LogP contribution in [-0.2, 0) is 9.13 Å². The maximum atomic E-state index is 11.8. The van der Waals surface area contributed by atoms with Gasteiger partial charge in [0.05, 0.1) is 0 Å². The molecule has 1 rings (SSSR count). The number of hydrogen-bond acceptors (Lipinski definition) is 6. The molecule has 0 bridgehead atoms. The van der Waals surface area contributed by atoms with Crippen LogP contribution in [0, 0.1) is 0 Å². The molecule has 0 aliphatic heterocycles. The van der Waals surface area contributed by atoms with E-state index in [2.05, 4.69) is 5.32 Å². The van der Waals surface area contributed by atoms with Gasteiger partial charge in [0.25, 0.3) is 5.91 Å². The van der Waals surface area contributed by atoms with E-state index in [1.54, 1.807) is 18.2 Å². The quantitative estimate of drug-likeness (QED) is 0.161. The number of carbonyl (C=O) groups excluding carboxylic acids is 1. The molecule has 27 heavy (non-hydrogen) atoms. The minimum Gasteiger partial charge on any atom is -0.776 e. The summed E-state index contributed by atoms with van der Waals surface area (Å²) in [6, 6.07) is 6.29. The molecule has 1 aromatic carbocycles. The van der Waals surface area contributed by atoms with Gasteiger partial charge in [-0.2, -0.15) is 0 Å². The van der Waals surface area contributed by atoms with Crippen LogP contribution in [0.4, 0.5) is 0 Å². The van der Waals surface area contributed by atoms with Crippen molar-refractivity contribution < 1.29 is 97.7 Å². The molecular formula is C13H18ClNNa2O8P2. The molecule has 2 atom stereocenters. The summed E-state index contributed by atoms with van der Waals surface area (Å²) in [5, 5.41) is 8.96. The number of amides is 1. The predicted molar refractivity (Wildman–Crippen MR) is 86.9 cm³/mol. The Balaban J connectivity index is 0. The van der Waals surface area contributed by atoms with Crippen molar-refractivity contribution in [2.75, 3.05) is 6.54 Å². The van der Waals surface area contributed by atoms with Crippen LogP contribution in [0.1, 0.15) is 36.0 Å². The van der Waals surface area contributed by atoms with Crippen LogP contribution < -0.4 is 74.2 Å². The second-order valence-corrected chi connectivity index (χ2v) is 9.74. The zero-order valence-electron chi connectivity index (χ0n) is 15.0. The van der Waals surface area contributed by atoms with E-state index in [0.717, 1.165) is 0 Å². The van der Waals surface area contributed by atoms with E-state index in [4.69, 9.17) is 21.4 Å².